The second kappa shape index (κ2) is 6.72. The largest absolute Gasteiger partial charge is 0.486 e. The summed E-state index contributed by atoms with van der Waals surface area (Å²) in [5.74, 6) is 0.973. The normalized spacial score (nSPS) is 10.6. The zero-order chi connectivity index (χ0) is 15.4. The van der Waals surface area contributed by atoms with E-state index in [1.165, 1.54) is 16.9 Å². The van der Waals surface area contributed by atoms with Gasteiger partial charge in [-0.3, -0.25) is 5.41 Å². The predicted octanol–water partition coefficient (Wildman–Crippen LogP) is 3.58. The fourth-order valence-corrected chi connectivity index (χ4v) is 2.98. The number of rotatable bonds is 6. The minimum absolute atomic E-state index is 0.0916. The number of benzene rings is 1. The summed E-state index contributed by atoms with van der Waals surface area (Å²) in [4.78, 5) is 5.34. The molecule has 0 aliphatic heterocycles. The summed E-state index contributed by atoms with van der Waals surface area (Å²) in [6.45, 7) is 6.63. The van der Waals surface area contributed by atoms with Crippen molar-refractivity contribution in [2.75, 3.05) is 0 Å². The molecule has 0 saturated heterocycles. The lowest BCUT2D eigenvalue weighted by Gasteiger charge is -2.09. The second-order valence-electron chi connectivity index (χ2n) is 5.03. The summed E-state index contributed by atoms with van der Waals surface area (Å²) in [7, 11) is 0. The van der Waals surface area contributed by atoms with Gasteiger partial charge in [0.15, 0.2) is 0 Å². The molecule has 0 spiro atoms. The first-order valence-corrected chi connectivity index (χ1v) is 7.86. The van der Waals surface area contributed by atoms with Crippen LogP contribution in [0.25, 0.3) is 0 Å². The van der Waals surface area contributed by atoms with Gasteiger partial charge in [0, 0.05) is 0 Å². The first-order valence-electron chi connectivity index (χ1n) is 7.05. The minimum Gasteiger partial charge on any atom is -0.486 e. The minimum atomic E-state index is 0.0916. The zero-order valence-corrected chi connectivity index (χ0v) is 13.5. The molecule has 0 fully saturated rings. The van der Waals surface area contributed by atoms with Crippen molar-refractivity contribution in [1.82, 2.24) is 4.98 Å². The number of aromatic nitrogens is 1. The maximum Gasteiger partial charge on any atom is 0.140 e. The highest BCUT2D eigenvalue weighted by Gasteiger charge is 2.13. The molecule has 0 saturated carbocycles. The highest BCUT2D eigenvalue weighted by molar-refractivity contribution is 7.13. The van der Waals surface area contributed by atoms with Crippen LogP contribution in [0.15, 0.2) is 18.2 Å². The van der Waals surface area contributed by atoms with Gasteiger partial charge in [-0.1, -0.05) is 25.5 Å². The summed E-state index contributed by atoms with van der Waals surface area (Å²) in [5.41, 5.74) is 8.89. The molecule has 0 amide bonds. The Balaban J connectivity index is 2.15. The van der Waals surface area contributed by atoms with Crippen LogP contribution in [0.4, 0.5) is 0 Å². The third-order valence-electron chi connectivity index (χ3n) is 3.38. The molecule has 1 aromatic heterocycles. The highest BCUT2D eigenvalue weighted by Crippen LogP contribution is 2.24. The molecule has 0 bridgehead atoms. The lowest BCUT2D eigenvalue weighted by Crippen LogP contribution is -2.11. The SMILES string of the molecule is CCCc1nc(COc2cccc(C)c2C)sc1C(=N)N. The van der Waals surface area contributed by atoms with E-state index in [0.717, 1.165) is 39.7 Å². The third kappa shape index (κ3) is 3.61. The molecule has 112 valence electrons. The van der Waals surface area contributed by atoms with Crippen molar-refractivity contribution in [3.05, 3.63) is 44.9 Å². The van der Waals surface area contributed by atoms with Gasteiger partial charge in [0.05, 0.1) is 10.6 Å². The molecular formula is C16H21N3OS. The molecule has 0 aliphatic rings. The fraction of sp³-hybridized carbons (Fsp3) is 0.375. The van der Waals surface area contributed by atoms with E-state index in [9.17, 15) is 0 Å². The summed E-state index contributed by atoms with van der Waals surface area (Å²) < 4.78 is 5.87. The van der Waals surface area contributed by atoms with E-state index in [2.05, 4.69) is 31.8 Å². The van der Waals surface area contributed by atoms with E-state index in [-0.39, 0.29) is 5.84 Å². The van der Waals surface area contributed by atoms with Gasteiger partial charge in [0.1, 0.15) is 23.2 Å². The van der Waals surface area contributed by atoms with Crippen molar-refractivity contribution in [1.29, 1.82) is 5.41 Å². The fourth-order valence-electron chi connectivity index (χ4n) is 2.10. The van der Waals surface area contributed by atoms with Crippen LogP contribution in [0, 0.1) is 19.3 Å². The lowest BCUT2D eigenvalue weighted by atomic mass is 10.1. The molecule has 1 aromatic carbocycles. The van der Waals surface area contributed by atoms with Crippen LogP contribution in [-0.4, -0.2) is 10.8 Å². The summed E-state index contributed by atoms with van der Waals surface area (Å²) in [6, 6.07) is 6.02. The third-order valence-corrected chi connectivity index (χ3v) is 4.48. The van der Waals surface area contributed by atoms with Gasteiger partial charge < -0.3 is 10.5 Å². The van der Waals surface area contributed by atoms with E-state index < -0.39 is 0 Å². The first kappa shape index (κ1) is 15.5. The Kier molecular flexibility index (Phi) is 4.96. The number of nitrogen functional groups attached to an aromatic ring is 1. The molecule has 3 N–H and O–H groups in total. The van der Waals surface area contributed by atoms with Crippen LogP contribution in [-0.2, 0) is 13.0 Å². The molecule has 2 aromatic rings. The van der Waals surface area contributed by atoms with Gasteiger partial charge in [-0.2, -0.15) is 0 Å². The molecular weight excluding hydrogens is 282 g/mol. The van der Waals surface area contributed by atoms with Crippen molar-refractivity contribution in [3.63, 3.8) is 0 Å². The van der Waals surface area contributed by atoms with Gasteiger partial charge >= 0.3 is 0 Å². The average Bonchev–Trinajstić information content (AvgIpc) is 2.84. The Bertz CT molecular complexity index is 649. The summed E-state index contributed by atoms with van der Waals surface area (Å²) in [5, 5.41) is 8.50. The molecule has 21 heavy (non-hydrogen) atoms. The average molecular weight is 303 g/mol. The van der Waals surface area contributed by atoms with Crippen LogP contribution < -0.4 is 10.5 Å². The Morgan fingerprint density at radius 3 is 2.81 bits per heavy atom. The van der Waals surface area contributed by atoms with Crippen LogP contribution in [0.5, 0.6) is 5.75 Å². The molecule has 2 rings (SSSR count). The molecule has 0 radical (unpaired) electrons. The second-order valence-corrected chi connectivity index (χ2v) is 6.12. The van der Waals surface area contributed by atoms with Gasteiger partial charge in [0.2, 0.25) is 0 Å². The predicted molar refractivity (Wildman–Crippen MR) is 87.4 cm³/mol. The number of nitrogens with one attached hydrogen (secondary N) is 1. The van der Waals surface area contributed by atoms with E-state index >= 15 is 0 Å². The Labute approximate surface area is 129 Å². The van der Waals surface area contributed by atoms with Crippen molar-refractivity contribution in [2.24, 2.45) is 5.73 Å². The van der Waals surface area contributed by atoms with Gasteiger partial charge in [0.25, 0.3) is 0 Å². The van der Waals surface area contributed by atoms with E-state index in [4.69, 9.17) is 15.9 Å². The monoisotopic (exact) mass is 303 g/mol. The number of hydrogen-bond donors (Lipinski definition) is 2. The number of aryl methyl sites for hydroxylation is 2. The molecule has 4 nitrogen and oxygen atoms in total. The van der Waals surface area contributed by atoms with Crippen LogP contribution in [0.2, 0.25) is 0 Å². The van der Waals surface area contributed by atoms with Gasteiger partial charge in [-0.15, -0.1) is 11.3 Å². The number of nitrogens with two attached hydrogens (primary N) is 1. The van der Waals surface area contributed by atoms with Gasteiger partial charge in [-0.05, 0) is 37.5 Å². The smallest absolute Gasteiger partial charge is 0.140 e. The summed E-state index contributed by atoms with van der Waals surface area (Å²) in [6.07, 6.45) is 1.83. The zero-order valence-electron chi connectivity index (χ0n) is 12.7. The number of amidine groups is 1. The standard InChI is InChI=1S/C16H21N3OS/c1-4-6-12-15(16(17)18)21-14(19-12)9-20-13-8-5-7-10(2)11(13)3/h5,7-8H,4,6,9H2,1-3H3,(H3,17,18). The van der Waals surface area contributed by atoms with Crippen LogP contribution in [0.1, 0.15) is 40.1 Å². The molecule has 0 atom stereocenters. The van der Waals surface area contributed by atoms with Crippen LogP contribution in [0.3, 0.4) is 0 Å². The highest BCUT2D eigenvalue weighted by atomic mass is 32.1. The van der Waals surface area contributed by atoms with E-state index in [1.807, 2.05) is 12.1 Å². The van der Waals surface area contributed by atoms with E-state index in [1.54, 1.807) is 0 Å². The van der Waals surface area contributed by atoms with Crippen molar-refractivity contribution in [2.45, 2.75) is 40.2 Å². The number of hydrogen-bond acceptors (Lipinski definition) is 4. The quantitative estimate of drug-likeness (QED) is 0.633. The number of thiazole rings is 1. The van der Waals surface area contributed by atoms with Crippen molar-refractivity contribution >= 4 is 17.2 Å². The topological polar surface area (TPSA) is 72.0 Å². The van der Waals surface area contributed by atoms with Gasteiger partial charge in [-0.25, -0.2) is 4.98 Å². The molecule has 0 aliphatic carbocycles. The van der Waals surface area contributed by atoms with Crippen molar-refractivity contribution < 1.29 is 4.74 Å². The Morgan fingerprint density at radius 1 is 1.38 bits per heavy atom. The number of ether oxygens (including phenoxy) is 1. The van der Waals surface area contributed by atoms with Crippen molar-refractivity contribution in [3.8, 4) is 5.75 Å². The maximum absolute atomic E-state index is 7.63. The van der Waals surface area contributed by atoms with E-state index in [0.29, 0.717) is 6.61 Å². The maximum atomic E-state index is 7.63. The number of nitrogens with zero attached hydrogens (tertiary/aromatic N) is 1. The molecule has 1 heterocycles. The first-order chi connectivity index (χ1) is 10.0. The Hall–Kier alpha value is -1.88. The molecule has 0 unspecified atom stereocenters. The lowest BCUT2D eigenvalue weighted by molar-refractivity contribution is 0.303. The summed E-state index contributed by atoms with van der Waals surface area (Å²) >= 11 is 1.45. The molecule has 5 heteroatoms. The van der Waals surface area contributed by atoms with Crippen LogP contribution >= 0.6 is 11.3 Å². The Morgan fingerprint density at radius 2 is 2.14 bits per heavy atom.